The summed E-state index contributed by atoms with van der Waals surface area (Å²) in [5.74, 6) is -0.912. The molecule has 3 rings (SSSR count). The van der Waals surface area contributed by atoms with Crippen LogP contribution in [0.15, 0.2) is 30.5 Å². The van der Waals surface area contributed by atoms with Crippen molar-refractivity contribution >= 4 is 22.3 Å². The summed E-state index contributed by atoms with van der Waals surface area (Å²) in [4.78, 5) is 16.7. The van der Waals surface area contributed by atoms with E-state index in [1.54, 1.807) is 6.20 Å². The number of carboxylic acids is 1. The summed E-state index contributed by atoms with van der Waals surface area (Å²) in [6, 6.07) is 7.86. The van der Waals surface area contributed by atoms with Crippen molar-refractivity contribution in [1.82, 2.24) is 9.38 Å². The monoisotopic (exact) mass is 272 g/mol. The highest BCUT2D eigenvalue weighted by Gasteiger charge is 2.21. The molecular weight excluding hydrogens is 260 g/mol. The number of aromatic nitrogens is 2. The maximum absolute atomic E-state index is 11.4. The second-order valence-corrected chi connectivity index (χ2v) is 5.45. The normalized spacial score (nSPS) is 11.1. The van der Waals surface area contributed by atoms with Gasteiger partial charge in [0.25, 0.3) is 0 Å². The molecule has 96 valence electrons. The van der Waals surface area contributed by atoms with Gasteiger partial charge in [-0.3, -0.25) is 4.40 Å². The third kappa shape index (κ3) is 1.82. The molecule has 19 heavy (non-hydrogen) atoms. The first-order valence-electron chi connectivity index (χ1n) is 5.85. The Bertz CT molecular complexity index is 769. The van der Waals surface area contributed by atoms with Gasteiger partial charge < -0.3 is 5.11 Å². The van der Waals surface area contributed by atoms with E-state index in [0.29, 0.717) is 15.5 Å². The Hall–Kier alpha value is -2.14. The Balaban J connectivity index is 2.36. The SMILES string of the molecule is Cc1ccc(-c2c(C(=O)O)sc3ncc(C)n23)cc1. The van der Waals surface area contributed by atoms with E-state index in [9.17, 15) is 9.90 Å². The summed E-state index contributed by atoms with van der Waals surface area (Å²) in [6.07, 6.45) is 1.76. The number of hydrogen-bond donors (Lipinski definition) is 1. The highest BCUT2D eigenvalue weighted by Crippen LogP contribution is 2.32. The number of thiazole rings is 1. The minimum Gasteiger partial charge on any atom is -0.477 e. The topological polar surface area (TPSA) is 54.6 Å². The molecule has 4 nitrogen and oxygen atoms in total. The minimum absolute atomic E-state index is 0.329. The van der Waals surface area contributed by atoms with Gasteiger partial charge in [0.15, 0.2) is 4.96 Å². The van der Waals surface area contributed by atoms with Crippen LogP contribution in [0.25, 0.3) is 16.2 Å². The van der Waals surface area contributed by atoms with Crippen LogP contribution in [0, 0.1) is 13.8 Å². The first kappa shape index (κ1) is 11.9. The lowest BCUT2D eigenvalue weighted by molar-refractivity contribution is 0.0702. The molecule has 2 aromatic heterocycles. The van der Waals surface area contributed by atoms with Gasteiger partial charge in [0, 0.05) is 17.5 Å². The van der Waals surface area contributed by atoms with Crippen LogP contribution in [0.2, 0.25) is 0 Å². The smallest absolute Gasteiger partial charge is 0.348 e. The molecule has 0 fully saturated rings. The molecule has 0 aliphatic rings. The largest absolute Gasteiger partial charge is 0.477 e. The van der Waals surface area contributed by atoms with Crippen molar-refractivity contribution in [1.29, 1.82) is 0 Å². The molecule has 1 N–H and O–H groups in total. The third-order valence-electron chi connectivity index (χ3n) is 3.06. The van der Waals surface area contributed by atoms with E-state index in [1.165, 1.54) is 11.3 Å². The molecule has 0 bridgehead atoms. The highest BCUT2D eigenvalue weighted by atomic mass is 32.1. The van der Waals surface area contributed by atoms with Crippen molar-refractivity contribution in [2.24, 2.45) is 0 Å². The van der Waals surface area contributed by atoms with Crippen LogP contribution >= 0.6 is 11.3 Å². The van der Waals surface area contributed by atoms with Gasteiger partial charge in [-0.15, -0.1) is 0 Å². The average molecular weight is 272 g/mol. The lowest BCUT2D eigenvalue weighted by Gasteiger charge is -2.04. The summed E-state index contributed by atoms with van der Waals surface area (Å²) in [5.41, 5.74) is 3.70. The zero-order chi connectivity index (χ0) is 13.6. The fourth-order valence-corrected chi connectivity index (χ4v) is 3.12. The van der Waals surface area contributed by atoms with Crippen LogP contribution in [0.3, 0.4) is 0 Å². The number of fused-ring (bicyclic) bond motifs is 1. The summed E-state index contributed by atoms with van der Waals surface area (Å²) < 4.78 is 1.90. The fraction of sp³-hybridized carbons (Fsp3) is 0.143. The number of carboxylic acid groups (broad SMARTS) is 1. The number of aryl methyl sites for hydroxylation is 2. The zero-order valence-corrected chi connectivity index (χ0v) is 11.4. The first-order valence-corrected chi connectivity index (χ1v) is 6.67. The molecule has 0 atom stereocenters. The van der Waals surface area contributed by atoms with Gasteiger partial charge in [0.1, 0.15) is 4.88 Å². The standard InChI is InChI=1S/C14H12N2O2S/c1-8-3-5-10(6-4-8)11-12(13(17)18)19-14-15-7-9(2)16(11)14/h3-7H,1-2H3,(H,17,18). The predicted molar refractivity (Wildman–Crippen MR) is 74.9 cm³/mol. The summed E-state index contributed by atoms with van der Waals surface area (Å²) in [5, 5.41) is 9.36. The van der Waals surface area contributed by atoms with Crippen LogP contribution in [-0.4, -0.2) is 20.5 Å². The molecule has 0 aliphatic carbocycles. The van der Waals surface area contributed by atoms with Gasteiger partial charge in [-0.25, -0.2) is 9.78 Å². The van der Waals surface area contributed by atoms with Crippen molar-refractivity contribution in [3.63, 3.8) is 0 Å². The van der Waals surface area contributed by atoms with Crippen molar-refractivity contribution in [2.45, 2.75) is 13.8 Å². The Morgan fingerprint density at radius 2 is 1.95 bits per heavy atom. The molecule has 0 saturated carbocycles. The summed E-state index contributed by atoms with van der Waals surface area (Å²) in [7, 11) is 0. The molecule has 5 heteroatoms. The number of carbonyl (C=O) groups is 1. The summed E-state index contributed by atoms with van der Waals surface area (Å²) >= 11 is 1.20. The Morgan fingerprint density at radius 1 is 1.26 bits per heavy atom. The van der Waals surface area contributed by atoms with Crippen molar-refractivity contribution in [3.05, 3.63) is 46.6 Å². The Kier molecular flexibility index (Phi) is 2.64. The van der Waals surface area contributed by atoms with E-state index in [2.05, 4.69) is 4.98 Å². The van der Waals surface area contributed by atoms with E-state index in [1.807, 2.05) is 42.5 Å². The van der Waals surface area contributed by atoms with Crippen molar-refractivity contribution < 1.29 is 9.90 Å². The number of imidazole rings is 1. The molecule has 3 aromatic rings. The van der Waals surface area contributed by atoms with Gasteiger partial charge in [0.05, 0.1) is 5.69 Å². The quantitative estimate of drug-likeness (QED) is 0.778. The van der Waals surface area contributed by atoms with Crippen LogP contribution in [0.5, 0.6) is 0 Å². The minimum atomic E-state index is -0.912. The molecule has 2 heterocycles. The molecule has 0 amide bonds. The number of aromatic carboxylic acids is 1. The fourth-order valence-electron chi connectivity index (χ4n) is 2.12. The van der Waals surface area contributed by atoms with Crippen LogP contribution in [0.1, 0.15) is 20.9 Å². The van der Waals surface area contributed by atoms with Crippen molar-refractivity contribution in [2.75, 3.05) is 0 Å². The van der Waals surface area contributed by atoms with Gasteiger partial charge in [-0.1, -0.05) is 41.2 Å². The maximum Gasteiger partial charge on any atom is 0.348 e. The maximum atomic E-state index is 11.4. The summed E-state index contributed by atoms with van der Waals surface area (Å²) in [6.45, 7) is 3.93. The molecule has 0 aliphatic heterocycles. The van der Waals surface area contributed by atoms with E-state index in [4.69, 9.17) is 0 Å². The van der Waals surface area contributed by atoms with Gasteiger partial charge >= 0.3 is 5.97 Å². The first-order chi connectivity index (χ1) is 9.08. The third-order valence-corrected chi connectivity index (χ3v) is 4.10. The second-order valence-electron chi connectivity index (χ2n) is 4.47. The number of hydrogen-bond acceptors (Lipinski definition) is 3. The number of nitrogens with zero attached hydrogens (tertiary/aromatic N) is 2. The van der Waals surface area contributed by atoms with Gasteiger partial charge in [0.2, 0.25) is 0 Å². The highest BCUT2D eigenvalue weighted by molar-refractivity contribution is 7.19. The second kappa shape index (κ2) is 4.20. The van der Waals surface area contributed by atoms with Gasteiger partial charge in [-0.2, -0.15) is 0 Å². The van der Waals surface area contributed by atoms with E-state index < -0.39 is 5.97 Å². The van der Waals surface area contributed by atoms with Crippen molar-refractivity contribution in [3.8, 4) is 11.3 Å². The van der Waals surface area contributed by atoms with Crippen LogP contribution < -0.4 is 0 Å². The lowest BCUT2D eigenvalue weighted by atomic mass is 10.1. The van der Waals surface area contributed by atoms with E-state index in [-0.39, 0.29) is 0 Å². The van der Waals surface area contributed by atoms with Crippen LogP contribution in [-0.2, 0) is 0 Å². The lowest BCUT2D eigenvalue weighted by Crippen LogP contribution is -1.98. The Morgan fingerprint density at radius 3 is 2.58 bits per heavy atom. The van der Waals surface area contributed by atoms with Crippen LogP contribution in [0.4, 0.5) is 0 Å². The van der Waals surface area contributed by atoms with E-state index in [0.717, 1.165) is 16.8 Å². The molecule has 0 saturated heterocycles. The molecule has 0 spiro atoms. The molecule has 0 unspecified atom stereocenters. The molecule has 1 aromatic carbocycles. The van der Waals surface area contributed by atoms with E-state index >= 15 is 0 Å². The molecule has 0 radical (unpaired) electrons. The predicted octanol–water partition coefficient (Wildman–Crippen LogP) is 3.38. The van der Waals surface area contributed by atoms with Gasteiger partial charge in [-0.05, 0) is 13.8 Å². The number of rotatable bonds is 2. The Labute approximate surface area is 114 Å². The average Bonchev–Trinajstić information content (AvgIpc) is 2.91. The molecular formula is C14H12N2O2S. The number of benzene rings is 1. The zero-order valence-electron chi connectivity index (χ0n) is 10.5.